The monoisotopic (exact) mass is 434 g/mol. The standard InChI is InChI=1S/2C14H19NO/c2*1-16-14-6-2-4-10-11-5-3-9-15-13(11)8-7-12(10)14/h2*2,4,6,11,13,15H,3,5,7-9H2,1H3/t2*11?,13-/m10/s1. The molecule has 4 atom stereocenters. The first-order valence-corrected chi connectivity index (χ1v) is 12.6. The Morgan fingerprint density at radius 3 is 1.56 bits per heavy atom. The van der Waals surface area contributed by atoms with Gasteiger partial charge >= 0.3 is 0 Å². The molecule has 172 valence electrons. The maximum atomic E-state index is 5.47. The van der Waals surface area contributed by atoms with E-state index in [1.54, 1.807) is 14.2 Å². The minimum absolute atomic E-state index is 0.702. The van der Waals surface area contributed by atoms with Gasteiger partial charge in [0.05, 0.1) is 14.2 Å². The van der Waals surface area contributed by atoms with Crippen LogP contribution >= 0.6 is 0 Å². The van der Waals surface area contributed by atoms with Crippen molar-refractivity contribution >= 4 is 0 Å². The molecule has 4 aliphatic rings. The summed E-state index contributed by atoms with van der Waals surface area (Å²) in [7, 11) is 3.56. The van der Waals surface area contributed by atoms with E-state index in [-0.39, 0.29) is 0 Å². The van der Waals surface area contributed by atoms with Crippen molar-refractivity contribution < 1.29 is 9.47 Å². The number of methoxy groups -OCH3 is 2. The van der Waals surface area contributed by atoms with Crippen LogP contribution in [-0.2, 0) is 12.8 Å². The van der Waals surface area contributed by atoms with Crippen molar-refractivity contribution in [3.8, 4) is 11.5 Å². The van der Waals surface area contributed by atoms with Crippen LogP contribution in [0.25, 0.3) is 0 Å². The first kappa shape index (κ1) is 21.8. The molecule has 6 rings (SSSR count). The first-order chi connectivity index (χ1) is 15.8. The molecule has 0 amide bonds. The van der Waals surface area contributed by atoms with E-state index in [0.717, 1.165) is 24.3 Å². The van der Waals surface area contributed by atoms with E-state index in [1.165, 1.54) is 73.9 Å². The van der Waals surface area contributed by atoms with Crippen LogP contribution in [0.2, 0.25) is 0 Å². The smallest absolute Gasteiger partial charge is 0.122 e. The highest BCUT2D eigenvalue weighted by molar-refractivity contribution is 5.45. The van der Waals surface area contributed by atoms with Gasteiger partial charge in [0, 0.05) is 12.1 Å². The van der Waals surface area contributed by atoms with E-state index in [4.69, 9.17) is 9.47 Å². The zero-order valence-electron chi connectivity index (χ0n) is 19.7. The highest BCUT2D eigenvalue weighted by atomic mass is 16.5. The van der Waals surface area contributed by atoms with Gasteiger partial charge in [0.25, 0.3) is 0 Å². The Balaban J connectivity index is 0.000000135. The highest BCUT2D eigenvalue weighted by Gasteiger charge is 2.33. The number of ether oxygens (including phenoxy) is 2. The second-order valence-corrected chi connectivity index (χ2v) is 9.75. The van der Waals surface area contributed by atoms with Gasteiger partial charge < -0.3 is 20.1 Å². The molecule has 0 spiro atoms. The summed E-state index contributed by atoms with van der Waals surface area (Å²) in [6.07, 6.45) is 10.1. The summed E-state index contributed by atoms with van der Waals surface area (Å²) >= 11 is 0. The van der Waals surface area contributed by atoms with Crippen LogP contribution < -0.4 is 20.1 Å². The lowest BCUT2D eigenvalue weighted by Gasteiger charge is -2.38. The minimum atomic E-state index is 0.702. The SMILES string of the molecule is COc1cccc2c1CC[C@@H]1NCCCC21.COc1cccc2c1CC[C@H]1NCCCC21. The van der Waals surface area contributed by atoms with E-state index in [2.05, 4.69) is 47.0 Å². The van der Waals surface area contributed by atoms with Crippen LogP contribution in [0.4, 0.5) is 0 Å². The fourth-order valence-corrected chi connectivity index (χ4v) is 6.63. The molecule has 0 bridgehead atoms. The second-order valence-electron chi connectivity index (χ2n) is 9.75. The molecule has 0 radical (unpaired) electrons. The van der Waals surface area contributed by atoms with Crippen LogP contribution in [0, 0.1) is 0 Å². The molecule has 2 fully saturated rings. The van der Waals surface area contributed by atoms with Crippen LogP contribution in [0.15, 0.2) is 36.4 Å². The lowest BCUT2D eigenvalue weighted by atomic mass is 9.75. The predicted molar refractivity (Wildman–Crippen MR) is 130 cm³/mol. The molecule has 4 heteroatoms. The van der Waals surface area contributed by atoms with Gasteiger partial charge in [-0.1, -0.05) is 24.3 Å². The number of fused-ring (bicyclic) bond motifs is 6. The average molecular weight is 435 g/mol. The van der Waals surface area contributed by atoms with E-state index >= 15 is 0 Å². The number of piperidine rings is 2. The summed E-state index contributed by atoms with van der Waals surface area (Å²) < 4.78 is 10.9. The quantitative estimate of drug-likeness (QED) is 0.702. The molecule has 2 N–H and O–H groups in total. The third-order valence-electron chi connectivity index (χ3n) is 8.16. The zero-order chi connectivity index (χ0) is 21.9. The van der Waals surface area contributed by atoms with Crippen molar-refractivity contribution in [3.05, 3.63) is 58.7 Å². The molecular weight excluding hydrogens is 396 g/mol. The van der Waals surface area contributed by atoms with Gasteiger partial charge in [-0.2, -0.15) is 0 Å². The second kappa shape index (κ2) is 9.84. The maximum absolute atomic E-state index is 5.47. The van der Waals surface area contributed by atoms with E-state index in [9.17, 15) is 0 Å². The number of benzene rings is 2. The summed E-state index contributed by atoms with van der Waals surface area (Å²) in [6.45, 7) is 2.39. The summed E-state index contributed by atoms with van der Waals surface area (Å²) in [5.74, 6) is 3.60. The van der Waals surface area contributed by atoms with Gasteiger partial charge in [0.15, 0.2) is 0 Å². The summed E-state index contributed by atoms with van der Waals surface area (Å²) in [4.78, 5) is 0. The normalized spacial score (nSPS) is 28.1. The van der Waals surface area contributed by atoms with Gasteiger partial charge in [-0.15, -0.1) is 0 Å². The van der Waals surface area contributed by atoms with E-state index in [0.29, 0.717) is 23.9 Å². The Hall–Kier alpha value is -2.04. The molecule has 32 heavy (non-hydrogen) atoms. The van der Waals surface area contributed by atoms with Crippen molar-refractivity contribution in [2.45, 2.75) is 75.3 Å². The number of nitrogens with one attached hydrogen (secondary N) is 2. The maximum Gasteiger partial charge on any atom is 0.122 e. The lowest BCUT2D eigenvalue weighted by molar-refractivity contribution is 0.313. The Bertz CT molecular complexity index is 852. The molecule has 2 aliphatic carbocycles. The number of hydrogen-bond donors (Lipinski definition) is 2. The molecule has 2 heterocycles. The molecular formula is C28H38N2O2. The van der Waals surface area contributed by atoms with Crippen LogP contribution in [0.1, 0.15) is 72.6 Å². The van der Waals surface area contributed by atoms with Gasteiger partial charge in [-0.25, -0.2) is 0 Å². The van der Waals surface area contributed by atoms with Crippen molar-refractivity contribution in [3.63, 3.8) is 0 Å². The zero-order valence-corrected chi connectivity index (χ0v) is 19.7. The summed E-state index contributed by atoms with van der Waals surface area (Å²) in [6, 6.07) is 14.4. The van der Waals surface area contributed by atoms with Crippen LogP contribution in [0.3, 0.4) is 0 Å². The Labute approximate surface area is 193 Å². The largest absolute Gasteiger partial charge is 0.496 e. The highest BCUT2D eigenvalue weighted by Crippen LogP contribution is 2.41. The fourth-order valence-electron chi connectivity index (χ4n) is 6.63. The van der Waals surface area contributed by atoms with Gasteiger partial charge in [-0.3, -0.25) is 0 Å². The van der Waals surface area contributed by atoms with E-state index < -0.39 is 0 Å². The van der Waals surface area contributed by atoms with Crippen molar-refractivity contribution in [2.24, 2.45) is 0 Å². The number of rotatable bonds is 2. The lowest BCUT2D eigenvalue weighted by Crippen LogP contribution is -2.42. The molecule has 2 aliphatic heterocycles. The van der Waals surface area contributed by atoms with Crippen molar-refractivity contribution in [1.82, 2.24) is 10.6 Å². The third-order valence-corrected chi connectivity index (χ3v) is 8.16. The summed E-state index contributed by atoms with van der Waals surface area (Å²) in [5, 5.41) is 7.32. The molecule has 0 saturated carbocycles. The molecule has 4 nitrogen and oxygen atoms in total. The van der Waals surface area contributed by atoms with Gasteiger partial charge in [0.2, 0.25) is 0 Å². The molecule has 2 aromatic rings. The molecule has 2 unspecified atom stereocenters. The topological polar surface area (TPSA) is 42.5 Å². The van der Waals surface area contributed by atoms with E-state index in [1.807, 2.05) is 0 Å². The van der Waals surface area contributed by atoms with Crippen LogP contribution in [0.5, 0.6) is 11.5 Å². The summed E-state index contributed by atoms with van der Waals surface area (Å²) in [5.41, 5.74) is 5.97. The van der Waals surface area contributed by atoms with Crippen molar-refractivity contribution in [2.75, 3.05) is 27.3 Å². The van der Waals surface area contributed by atoms with Gasteiger partial charge in [0.1, 0.15) is 11.5 Å². The predicted octanol–water partition coefficient (Wildman–Crippen LogP) is 4.95. The average Bonchev–Trinajstić information content (AvgIpc) is 2.88. The third kappa shape index (κ3) is 4.15. The van der Waals surface area contributed by atoms with Gasteiger partial charge in [-0.05, 0) is 111 Å². The van der Waals surface area contributed by atoms with Crippen molar-refractivity contribution in [1.29, 1.82) is 0 Å². The number of hydrogen-bond acceptors (Lipinski definition) is 4. The fraction of sp³-hybridized carbons (Fsp3) is 0.571. The molecule has 2 aromatic carbocycles. The molecule has 2 saturated heterocycles. The Morgan fingerprint density at radius 2 is 1.12 bits per heavy atom. The Morgan fingerprint density at radius 1 is 0.656 bits per heavy atom. The Kier molecular flexibility index (Phi) is 6.70. The van der Waals surface area contributed by atoms with Crippen LogP contribution in [-0.4, -0.2) is 39.4 Å². The first-order valence-electron chi connectivity index (χ1n) is 12.6. The minimum Gasteiger partial charge on any atom is -0.496 e. The molecule has 0 aromatic heterocycles.